The summed E-state index contributed by atoms with van der Waals surface area (Å²) in [5.41, 5.74) is 0.0292. The Balaban J connectivity index is 2.03. The van der Waals surface area contributed by atoms with Crippen molar-refractivity contribution in [1.82, 2.24) is 9.21 Å². The molecular weight excluding hydrogens is 348 g/mol. The third-order valence-corrected chi connectivity index (χ3v) is 6.04. The highest BCUT2D eigenvalue weighted by molar-refractivity contribution is 7.89. The van der Waals surface area contributed by atoms with Crippen LogP contribution in [-0.4, -0.2) is 74.5 Å². The van der Waals surface area contributed by atoms with Gasteiger partial charge in [-0.25, -0.2) is 13.2 Å². The average molecular weight is 370 g/mol. The van der Waals surface area contributed by atoms with Gasteiger partial charge in [0, 0.05) is 33.3 Å². The van der Waals surface area contributed by atoms with Gasteiger partial charge in [-0.05, 0) is 24.3 Å². The second kappa shape index (κ2) is 7.94. The molecule has 9 heteroatoms. The van der Waals surface area contributed by atoms with Crippen LogP contribution >= 0.6 is 0 Å². The zero-order valence-corrected chi connectivity index (χ0v) is 15.0. The molecule has 1 heterocycles. The second-order valence-corrected chi connectivity index (χ2v) is 7.85. The van der Waals surface area contributed by atoms with Crippen LogP contribution in [0.25, 0.3) is 0 Å². The zero-order valence-electron chi connectivity index (χ0n) is 14.2. The number of amides is 1. The van der Waals surface area contributed by atoms with Gasteiger partial charge in [0.15, 0.2) is 0 Å². The quantitative estimate of drug-likeness (QED) is 0.782. The Kier molecular flexibility index (Phi) is 6.15. The van der Waals surface area contributed by atoms with Crippen molar-refractivity contribution in [3.8, 4) is 0 Å². The first-order chi connectivity index (χ1) is 11.8. The standard InChI is InChI=1S/C16H22N2O6S/c1-12(11-24-2)15(19)17-7-9-18(10-8-17)25(22,23)14-5-3-13(4-6-14)16(20)21/h3-6,12H,7-11H2,1-2H3,(H,20,21)/t12-/m0/s1. The van der Waals surface area contributed by atoms with E-state index in [1.165, 1.54) is 35.7 Å². The molecule has 8 nitrogen and oxygen atoms in total. The molecule has 2 rings (SSSR count). The third kappa shape index (κ3) is 4.36. The summed E-state index contributed by atoms with van der Waals surface area (Å²) >= 11 is 0. The Bertz CT molecular complexity index is 723. The number of hydrogen-bond donors (Lipinski definition) is 1. The SMILES string of the molecule is COC[C@H](C)C(=O)N1CCN(S(=O)(=O)c2ccc(C(=O)O)cc2)CC1. The lowest BCUT2D eigenvalue weighted by Crippen LogP contribution is -2.52. The molecule has 0 bridgehead atoms. The van der Waals surface area contributed by atoms with Gasteiger partial charge in [0.25, 0.3) is 0 Å². The van der Waals surface area contributed by atoms with E-state index in [4.69, 9.17) is 9.84 Å². The van der Waals surface area contributed by atoms with Gasteiger partial charge in [0.05, 0.1) is 23.0 Å². The van der Waals surface area contributed by atoms with Crippen molar-refractivity contribution in [2.75, 3.05) is 39.9 Å². The van der Waals surface area contributed by atoms with Gasteiger partial charge >= 0.3 is 5.97 Å². The number of carbonyl (C=O) groups excluding carboxylic acids is 1. The maximum absolute atomic E-state index is 12.6. The van der Waals surface area contributed by atoms with E-state index < -0.39 is 16.0 Å². The molecule has 0 saturated carbocycles. The molecule has 1 aromatic carbocycles. The highest BCUT2D eigenvalue weighted by Gasteiger charge is 2.31. The number of nitrogens with zero attached hydrogens (tertiary/aromatic N) is 2. The van der Waals surface area contributed by atoms with Crippen LogP contribution in [0.4, 0.5) is 0 Å². The van der Waals surface area contributed by atoms with Gasteiger partial charge in [-0.15, -0.1) is 0 Å². The van der Waals surface area contributed by atoms with Crippen molar-refractivity contribution < 1.29 is 27.9 Å². The first-order valence-electron chi connectivity index (χ1n) is 7.88. The minimum atomic E-state index is -3.71. The molecule has 1 amide bonds. The van der Waals surface area contributed by atoms with Crippen molar-refractivity contribution in [2.24, 2.45) is 5.92 Å². The Morgan fingerprint density at radius 2 is 1.72 bits per heavy atom. The van der Waals surface area contributed by atoms with Crippen molar-refractivity contribution in [1.29, 1.82) is 0 Å². The normalized spacial score (nSPS) is 17.3. The minimum absolute atomic E-state index is 0.0292. The van der Waals surface area contributed by atoms with Crippen LogP contribution in [0, 0.1) is 5.92 Å². The molecule has 138 valence electrons. The number of methoxy groups -OCH3 is 1. The van der Waals surface area contributed by atoms with E-state index in [0.717, 1.165) is 0 Å². The molecule has 1 N–H and O–H groups in total. The van der Waals surface area contributed by atoms with Crippen LogP contribution in [-0.2, 0) is 19.6 Å². The summed E-state index contributed by atoms with van der Waals surface area (Å²) in [7, 11) is -2.17. The zero-order chi connectivity index (χ0) is 18.6. The smallest absolute Gasteiger partial charge is 0.335 e. The molecule has 0 radical (unpaired) electrons. The largest absolute Gasteiger partial charge is 0.478 e. The second-order valence-electron chi connectivity index (χ2n) is 5.92. The van der Waals surface area contributed by atoms with Gasteiger partial charge in [-0.1, -0.05) is 6.92 Å². The summed E-state index contributed by atoms with van der Waals surface area (Å²) in [4.78, 5) is 24.8. The molecular formula is C16H22N2O6S. The van der Waals surface area contributed by atoms with Gasteiger partial charge in [0.1, 0.15) is 0 Å². The van der Waals surface area contributed by atoms with E-state index in [2.05, 4.69) is 0 Å². The molecule has 0 aromatic heterocycles. The van der Waals surface area contributed by atoms with Gasteiger partial charge in [-0.2, -0.15) is 4.31 Å². The lowest BCUT2D eigenvalue weighted by molar-refractivity contribution is -0.137. The fourth-order valence-corrected chi connectivity index (χ4v) is 4.12. The predicted octanol–water partition coefficient (Wildman–Crippen LogP) is 0.500. The van der Waals surface area contributed by atoms with Crippen LogP contribution in [0.1, 0.15) is 17.3 Å². The number of carboxylic acid groups (broad SMARTS) is 1. The Morgan fingerprint density at radius 3 is 2.20 bits per heavy atom. The van der Waals surface area contributed by atoms with Crippen LogP contribution in [0.15, 0.2) is 29.2 Å². The van der Waals surface area contributed by atoms with Crippen LogP contribution in [0.2, 0.25) is 0 Å². The topological polar surface area (TPSA) is 104 Å². The average Bonchev–Trinajstić information content (AvgIpc) is 2.61. The number of rotatable bonds is 6. The highest BCUT2D eigenvalue weighted by Crippen LogP contribution is 2.19. The van der Waals surface area contributed by atoms with Gasteiger partial charge in [-0.3, -0.25) is 4.79 Å². The van der Waals surface area contributed by atoms with E-state index in [1.54, 1.807) is 11.8 Å². The summed E-state index contributed by atoms with van der Waals surface area (Å²) < 4.78 is 31.6. The fourth-order valence-electron chi connectivity index (χ4n) is 2.70. The molecule has 25 heavy (non-hydrogen) atoms. The van der Waals surface area contributed by atoms with E-state index in [-0.39, 0.29) is 35.4 Å². The number of carboxylic acids is 1. The number of benzene rings is 1. The summed E-state index contributed by atoms with van der Waals surface area (Å²) in [5, 5.41) is 8.89. The fraction of sp³-hybridized carbons (Fsp3) is 0.500. The van der Waals surface area contributed by atoms with Crippen molar-refractivity contribution in [3.63, 3.8) is 0 Å². The van der Waals surface area contributed by atoms with Gasteiger partial charge < -0.3 is 14.7 Å². The Hall–Kier alpha value is -1.97. The number of aromatic carboxylic acids is 1. The van der Waals surface area contributed by atoms with Crippen molar-refractivity contribution in [2.45, 2.75) is 11.8 Å². The highest BCUT2D eigenvalue weighted by atomic mass is 32.2. The molecule has 1 aliphatic rings. The molecule has 0 spiro atoms. The maximum Gasteiger partial charge on any atom is 0.335 e. The number of sulfonamides is 1. The monoisotopic (exact) mass is 370 g/mol. The van der Waals surface area contributed by atoms with Crippen LogP contribution < -0.4 is 0 Å². The lowest BCUT2D eigenvalue weighted by atomic mass is 10.1. The number of carbonyl (C=O) groups is 2. The molecule has 1 aromatic rings. The minimum Gasteiger partial charge on any atom is -0.478 e. The van der Waals surface area contributed by atoms with E-state index in [0.29, 0.717) is 19.7 Å². The first-order valence-corrected chi connectivity index (χ1v) is 9.32. The van der Waals surface area contributed by atoms with Crippen molar-refractivity contribution >= 4 is 21.9 Å². The summed E-state index contributed by atoms with van der Waals surface area (Å²) in [6.07, 6.45) is 0. The Morgan fingerprint density at radius 1 is 1.16 bits per heavy atom. The molecule has 0 unspecified atom stereocenters. The molecule has 1 aliphatic heterocycles. The number of piperazine rings is 1. The lowest BCUT2D eigenvalue weighted by Gasteiger charge is -2.35. The first kappa shape index (κ1) is 19.4. The summed E-state index contributed by atoms with van der Waals surface area (Å²) in [6.45, 7) is 3.15. The summed E-state index contributed by atoms with van der Waals surface area (Å²) in [6, 6.07) is 5.11. The number of ether oxygens (including phenoxy) is 1. The maximum atomic E-state index is 12.6. The van der Waals surface area contributed by atoms with Crippen LogP contribution in [0.3, 0.4) is 0 Å². The molecule has 1 atom stereocenters. The van der Waals surface area contributed by atoms with Crippen LogP contribution in [0.5, 0.6) is 0 Å². The summed E-state index contributed by atoms with van der Waals surface area (Å²) in [5.74, 6) is -1.43. The van der Waals surface area contributed by atoms with E-state index in [1.807, 2.05) is 0 Å². The molecule has 1 fully saturated rings. The van der Waals surface area contributed by atoms with E-state index in [9.17, 15) is 18.0 Å². The third-order valence-electron chi connectivity index (χ3n) is 4.13. The predicted molar refractivity (Wildman–Crippen MR) is 89.8 cm³/mol. The van der Waals surface area contributed by atoms with Crippen molar-refractivity contribution in [3.05, 3.63) is 29.8 Å². The molecule has 0 aliphatic carbocycles. The van der Waals surface area contributed by atoms with E-state index >= 15 is 0 Å². The molecule has 1 saturated heterocycles. The number of hydrogen-bond acceptors (Lipinski definition) is 5. The van der Waals surface area contributed by atoms with Gasteiger partial charge in [0.2, 0.25) is 15.9 Å². The Labute approximate surface area is 147 Å².